The van der Waals surface area contributed by atoms with E-state index in [1.54, 1.807) is 30.5 Å². The van der Waals surface area contributed by atoms with Gasteiger partial charge in [-0.1, -0.05) is 87.8 Å². The second-order valence-corrected chi connectivity index (χ2v) is 42.3. The van der Waals surface area contributed by atoms with E-state index < -0.39 is 75.0 Å². The standard InChI is InChI=1S/C27H26Cl2FN5O2.C27H28ClFN6O2.C26H24Cl2FN5O3.C24H24ClFN6O2/c1-4-27(7-5-14-9-18(30)16-11-17(28)24(31)34-19(16)10-14)12-20(21-22(27)37-26(2,3)36-21)35-8-6-15-23(29)32-13-33-25(15)35;1-4-27(7-5-14-9-18(29)16-11-17(28)24(31)34-19(16)10-14)12-20(21-22(27)37-26(2,3)36-21)35-8-6-15-23(30)32-13-33-25(15)35;1-25(2)36-20-19(34-6-4-14-22(28)31-12-32-24(14)34)10-26(11-35,21(20)37-25)5-3-13-7-17(29)15-9-16(27)23(30)33-18(15)8-13;1-2-24(5-3-12-7-16(26)14-9-15(25)22(28)31-17(14)8-12)10-18(19(33)20(24)34)32-6-4-13-21(27)29-11-30-23(13)32/h4,6,8-11,13,20-22H,1,5,7,12H2,2-3H3,(H2,31,34);4,6,8-11,13,20-22H,1,5,7,12H2,2-3H3,(H2,31,34)(H2,30,32,33);4,6-9,11-12,19-21H,3,5,10H2,1-2H3,(H2,30,33);2,4,6-9,11,18-20,33-34H,1,3,5,10H2,(H2,28,31)(H2,27,29,30)/t2*20-,21+,22+,27+;19-,20+,21+,26+;18-,19+,20+,24+/m1111/s1. The third-order valence-corrected chi connectivity index (χ3v) is 31.8. The number of carbonyl (C=O) groups excluding carboxylic acids is 1. The lowest BCUT2D eigenvalue weighted by molar-refractivity contribution is -0.170. The molecule has 4 saturated carbocycles. The van der Waals surface area contributed by atoms with E-state index in [4.69, 9.17) is 132 Å². The maximum Gasteiger partial charge on any atom is 0.163 e. The molecule has 4 aromatic carbocycles. The molecule has 145 heavy (non-hydrogen) atoms. The number of aliphatic hydroxyl groups excluding tert-OH is 2. The molecule has 3 aliphatic heterocycles. The molecule has 7 aliphatic rings. The highest BCUT2D eigenvalue weighted by molar-refractivity contribution is 6.35. The largest absolute Gasteiger partial charge is 0.389 e. The summed E-state index contributed by atoms with van der Waals surface area (Å²) in [5.74, 6) is -2.62. The van der Waals surface area contributed by atoms with E-state index in [1.807, 2.05) is 112 Å². The summed E-state index contributed by atoms with van der Waals surface area (Å²) in [5, 5.41) is 27.9. The highest BCUT2D eigenvalue weighted by Gasteiger charge is 2.65. The lowest BCUT2D eigenvalue weighted by Crippen LogP contribution is -2.37. The van der Waals surface area contributed by atoms with Gasteiger partial charge in [0.15, 0.2) is 17.4 Å². The average molecular weight is 2090 g/mol. The second-order valence-electron chi connectivity index (χ2n) is 39.9. The monoisotopic (exact) mass is 2090 g/mol. The first-order valence-corrected chi connectivity index (χ1v) is 49.4. The number of nitrogens with two attached hydrogens (primary N) is 6. The van der Waals surface area contributed by atoms with Crippen LogP contribution < -0.4 is 34.4 Å². The number of hydrogen-bond donors (Lipinski definition) is 8. The summed E-state index contributed by atoms with van der Waals surface area (Å²) in [4.78, 5) is 63.8. The molecule has 4 aliphatic carbocycles. The zero-order valence-corrected chi connectivity index (χ0v) is 83.9. The van der Waals surface area contributed by atoms with Crippen LogP contribution in [-0.2, 0) is 58.9 Å². The maximum absolute atomic E-state index is 15.0. The Hall–Kier alpha value is -12.2. The fourth-order valence-corrected chi connectivity index (χ4v) is 23.8. The van der Waals surface area contributed by atoms with Gasteiger partial charge in [0.1, 0.15) is 153 Å². The van der Waals surface area contributed by atoms with Gasteiger partial charge in [0.2, 0.25) is 0 Å². The van der Waals surface area contributed by atoms with Gasteiger partial charge in [0.25, 0.3) is 0 Å². The molecular formula is C104H102Cl6F4N22O9. The number of fused-ring (bicyclic) bond motifs is 11. The number of carbonyl (C=O) groups is 1. The topological polar surface area (TPSA) is 443 Å². The molecule has 31 nitrogen and oxygen atoms in total. The van der Waals surface area contributed by atoms with Crippen molar-refractivity contribution in [1.82, 2.24) is 78.1 Å². The third-order valence-electron chi connectivity index (χ3n) is 30.0. The highest BCUT2D eigenvalue weighted by atomic mass is 35.5. The van der Waals surface area contributed by atoms with E-state index in [1.165, 1.54) is 73.8 Å². The average Bonchev–Trinajstić information content (AvgIpc) is 1.57. The van der Waals surface area contributed by atoms with E-state index in [2.05, 4.69) is 88.7 Å². The Morgan fingerprint density at radius 2 is 0.628 bits per heavy atom. The number of benzene rings is 4. The molecule has 0 spiro atoms. The van der Waals surface area contributed by atoms with Gasteiger partial charge >= 0.3 is 0 Å². The number of pyridine rings is 4. The van der Waals surface area contributed by atoms with Crippen LogP contribution in [0.15, 0.2) is 185 Å². The van der Waals surface area contributed by atoms with Crippen molar-refractivity contribution in [3.8, 4) is 0 Å². The summed E-state index contributed by atoms with van der Waals surface area (Å²) in [6, 6.07) is 25.9. The van der Waals surface area contributed by atoms with Gasteiger partial charge in [-0.2, -0.15) is 0 Å². The number of rotatable bonds is 20. The van der Waals surface area contributed by atoms with E-state index in [0.29, 0.717) is 170 Å². The lowest BCUT2D eigenvalue weighted by atomic mass is 9.78. The van der Waals surface area contributed by atoms with Gasteiger partial charge in [0.05, 0.1) is 112 Å². The van der Waals surface area contributed by atoms with Crippen LogP contribution in [0.25, 0.3) is 87.7 Å². The first kappa shape index (κ1) is 100. The zero-order chi connectivity index (χ0) is 103. The van der Waals surface area contributed by atoms with Crippen LogP contribution >= 0.6 is 69.6 Å². The van der Waals surface area contributed by atoms with E-state index in [-0.39, 0.29) is 104 Å². The Morgan fingerprint density at radius 3 is 0.945 bits per heavy atom. The lowest BCUT2D eigenvalue weighted by Gasteiger charge is -2.32. The number of aromatic nitrogens is 16. The van der Waals surface area contributed by atoms with Crippen molar-refractivity contribution in [2.24, 2.45) is 21.7 Å². The van der Waals surface area contributed by atoms with Crippen molar-refractivity contribution in [3.05, 3.63) is 261 Å². The molecule has 3 saturated heterocycles. The van der Waals surface area contributed by atoms with Crippen LogP contribution in [0.1, 0.15) is 139 Å². The minimum atomic E-state index is -1.07. The Morgan fingerprint density at radius 1 is 0.359 bits per heavy atom. The Bertz CT molecular complexity index is 7370. The number of aliphatic hydroxyl groups is 2. The number of halogens is 10. The molecule has 41 heteroatoms. The maximum atomic E-state index is 15.0. The normalized spacial score (nSPS) is 26.2. The van der Waals surface area contributed by atoms with Gasteiger partial charge in [-0.15, -0.1) is 19.7 Å². The Balaban J connectivity index is 0.000000118. The summed E-state index contributed by atoms with van der Waals surface area (Å²) >= 11 is 36.7. The van der Waals surface area contributed by atoms with Crippen LogP contribution in [-0.4, -0.2) is 161 Å². The van der Waals surface area contributed by atoms with Crippen molar-refractivity contribution >= 4 is 199 Å². The predicted molar refractivity (Wildman–Crippen MR) is 551 cm³/mol. The summed E-state index contributed by atoms with van der Waals surface area (Å²) in [6.45, 7) is 23.7. The SMILES string of the molecule is C=C[C@]1(CCc2cc(F)c3cc(Cl)c(N)nc3c2)C[C@@H](n2ccc3c(Cl)ncnc32)[C@@H]2OC(C)(C)O[C@@H]21.C=C[C@]1(CCc2cc(F)c3cc(Cl)c(N)nc3c2)C[C@@H](n2ccc3c(N)ncnc32)[C@@H]2OC(C)(C)O[C@@H]21.C=C[C@]1(CCc2cc(F)c3cc(Cl)c(N)nc3c2)C[C@@H](n2ccc3c(N)ncnc32)[C@H](O)[C@@H]1O.CC1(C)O[C@H]2[C@H](n3ccc4c(Cl)ncnc43)C[C@](C=O)(CCc3cc(F)c4cc(Cl)c(N)nc4c3)[C@H]2O1. The molecule has 0 amide bonds. The summed E-state index contributed by atoms with van der Waals surface area (Å²) in [6.07, 6.45) is 22.6. The molecule has 752 valence electrons. The molecular weight excluding hydrogens is 1990 g/mol. The number of ether oxygens (including phenoxy) is 6. The van der Waals surface area contributed by atoms with Crippen LogP contribution in [0.2, 0.25) is 30.4 Å². The van der Waals surface area contributed by atoms with Crippen LogP contribution in [0.4, 0.5) is 52.5 Å². The van der Waals surface area contributed by atoms with Gasteiger partial charge in [0, 0.05) is 62.6 Å². The van der Waals surface area contributed by atoms with E-state index in [0.717, 1.165) is 44.9 Å². The predicted octanol–water partition coefficient (Wildman–Crippen LogP) is 20.2. The number of aldehydes is 1. The molecule has 7 fully saturated rings. The first-order chi connectivity index (χ1) is 69.1. The molecule has 15 heterocycles. The minimum absolute atomic E-state index is 0.0616. The van der Waals surface area contributed by atoms with Crippen molar-refractivity contribution in [2.45, 2.75) is 209 Å². The number of nitrogens with zero attached hydrogens (tertiary/aromatic N) is 16. The Kier molecular flexibility index (Phi) is 26.2. The number of anilines is 6. The van der Waals surface area contributed by atoms with Gasteiger partial charge in [-0.05, 0) is 238 Å². The minimum Gasteiger partial charge on any atom is -0.389 e. The Labute approximate surface area is 858 Å². The second kappa shape index (κ2) is 38.0. The van der Waals surface area contributed by atoms with Gasteiger partial charge in [-0.3, -0.25) is 0 Å². The molecule has 16 aromatic rings. The summed E-state index contributed by atoms with van der Waals surface area (Å²) < 4.78 is 106. The molecule has 12 aromatic heterocycles. The number of hydrogen-bond acceptors (Lipinski definition) is 27. The van der Waals surface area contributed by atoms with E-state index >= 15 is 0 Å². The smallest absolute Gasteiger partial charge is 0.163 e. The quantitative estimate of drug-likeness (QED) is 0.0152. The van der Waals surface area contributed by atoms with Crippen molar-refractivity contribution in [2.75, 3.05) is 34.4 Å². The molecule has 23 rings (SSSR count). The molecule has 16 atom stereocenters. The van der Waals surface area contributed by atoms with Gasteiger partial charge < -0.3 is 96.1 Å². The third kappa shape index (κ3) is 18.2. The summed E-state index contributed by atoms with van der Waals surface area (Å²) in [7, 11) is 0. The zero-order valence-electron chi connectivity index (χ0n) is 79.4. The molecule has 0 unspecified atom stereocenters. The van der Waals surface area contributed by atoms with Crippen molar-refractivity contribution < 1.29 is 61.0 Å². The number of nitrogen functional groups attached to an aromatic ring is 6. The highest BCUT2D eigenvalue weighted by Crippen LogP contribution is 2.61. The molecule has 14 N–H and O–H groups in total. The molecule has 0 radical (unpaired) electrons. The van der Waals surface area contributed by atoms with Crippen LogP contribution in [0, 0.1) is 44.9 Å². The van der Waals surface area contributed by atoms with E-state index in [9.17, 15) is 32.6 Å². The number of aryl methyl sites for hydroxylation is 4. The first-order valence-electron chi connectivity index (χ1n) is 47.1. The van der Waals surface area contributed by atoms with Crippen LogP contribution in [0.3, 0.4) is 0 Å². The van der Waals surface area contributed by atoms with Crippen molar-refractivity contribution in [1.29, 1.82) is 0 Å². The molecule has 0 bridgehead atoms. The fraction of sp³-hybridized carbons (Fsp3) is 0.356. The summed E-state index contributed by atoms with van der Waals surface area (Å²) in [5.41, 5.74) is 40.4. The van der Waals surface area contributed by atoms with Crippen molar-refractivity contribution in [3.63, 3.8) is 0 Å². The van der Waals surface area contributed by atoms with Crippen LogP contribution in [0.5, 0.6) is 0 Å². The fourth-order valence-electron chi connectivity index (χ4n) is 22.8. The van der Waals surface area contributed by atoms with Gasteiger partial charge in [-0.25, -0.2) is 77.4 Å².